The van der Waals surface area contributed by atoms with Crippen molar-refractivity contribution in [3.63, 3.8) is 0 Å². The minimum absolute atomic E-state index is 0.496. The van der Waals surface area contributed by atoms with Crippen LogP contribution in [0, 0.1) is 0 Å². The quantitative estimate of drug-likeness (QED) is 0.423. The molecule has 18 heavy (non-hydrogen) atoms. The molecule has 0 fully saturated rings. The molecule has 0 aliphatic rings. The van der Waals surface area contributed by atoms with Gasteiger partial charge in [0.2, 0.25) is 6.71 Å². The van der Waals surface area contributed by atoms with Gasteiger partial charge >= 0.3 is 0 Å². The summed E-state index contributed by atoms with van der Waals surface area (Å²) in [6.45, 7) is 0.496. The lowest BCUT2D eigenvalue weighted by molar-refractivity contribution is 0.884. The number of hydrogen-bond acceptors (Lipinski definition) is 0. The van der Waals surface area contributed by atoms with E-state index in [1.807, 2.05) is 0 Å². The number of alkyl halides is 1. The summed E-state index contributed by atoms with van der Waals surface area (Å²) in [4.78, 5) is 0. The summed E-state index contributed by atoms with van der Waals surface area (Å²) in [7, 11) is 0. The van der Waals surface area contributed by atoms with E-state index in [0.29, 0.717) is 6.71 Å². The van der Waals surface area contributed by atoms with Gasteiger partial charge in [0.15, 0.2) is 0 Å². The molecule has 2 heteroatoms. The number of halogens is 1. The smallest absolute Gasteiger partial charge is 0.127 e. The van der Waals surface area contributed by atoms with E-state index in [1.165, 1.54) is 23.7 Å². The van der Waals surface area contributed by atoms with Crippen molar-refractivity contribution in [3.8, 4) is 0 Å². The molecule has 0 saturated heterocycles. The predicted octanol–water partition coefficient (Wildman–Crippen LogP) is 3.31. The Kier molecular flexibility index (Phi) is 5.35. The largest absolute Gasteiger partial charge is 0.209 e. The topological polar surface area (TPSA) is 0 Å². The molecule has 2 aromatic rings. The Balaban J connectivity index is 2.18. The molecule has 0 unspecified atom stereocenters. The van der Waals surface area contributed by atoms with Crippen LogP contribution in [0.15, 0.2) is 60.7 Å². The van der Waals surface area contributed by atoms with E-state index in [2.05, 4.69) is 60.7 Å². The van der Waals surface area contributed by atoms with Crippen LogP contribution < -0.4 is 10.9 Å². The van der Waals surface area contributed by atoms with Gasteiger partial charge in [-0.1, -0.05) is 84.3 Å². The summed E-state index contributed by atoms with van der Waals surface area (Å²) in [6.07, 6.45) is 3.44. The fourth-order valence-electron chi connectivity index (χ4n) is 2.34. The highest BCUT2D eigenvalue weighted by Crippen LogP contribution is 2.05. The molecular formula is C16H18BCl. The van der Waals surface area contributed by atoms with Gasteiger partial charge in [0.25, 0.3) is 0 Å². The summed E-state index contributed by atoms with van der Waals surface area (Å²) in [5.41, 5.74) is 2.80. The van der Waals surface area contributed by atoms with Gasteiger partial charge in [-0.15, -0.1) is 11.6 Å². The Morgan fingerprint density at radius 2 is 1.22 bits per heavy atom. The third kappa shape index (κ3) is 3.64. The molecule has 0 heterocycles. The Hall–Kier alpha value is -1.21. The van der Waals surface area contributed by atoms with Crippen molar-refractivity contribution in [2.45, 2.75) is 19.2 Å². The van der Waals surface area contributed by atoms with Crippen molar-refractivity contribution in [2.24, 2.45) is 0 Å². The predicted molar refractivity (Wildman–Crippen MR) is 82.7 cm³/mol. The Morgan fingerprint density at radius 3 is 1.67 bits per heavy atom. The highest BCUT2D eigenvalue weighted by Gasteiger charge is 2.17. The van der Waals surface area contributed by atoms with Crippen LogP contribution in [0.4, 0.5) is 0 Å². The Labute approximate surface area is 115 Å². The fourth-order valence-corrected chi connectivity index (χ4v) is 2.53. The van der Waals surface area contributed by atoms with Gasteiger partial charge < -0.3 is 0 Å². The van der Waals surface area contributed by atoms with Crippen molar-refractivity contribution in [3.05, 3.63) is 60.7 Å². The van der Waals surface area contributed by atoms with Crippen LogP contribution in [0.25, 0.3) is 0 Å². The average Bonchev–Trinajstić information content (AvgIpc) is 2.46. The van der Waals surface area contributed by atoms with Crippen LogP contribution in [0.3, 0.4) is 0 Å². The molecule has 0 aliphatic heterocycles. The van der Waals surface area contributed by atoms with Crippen LogP contribution >= 0.6 is 11.6 Å². The maximum Gasteiger partial charge on any atom is 0.209 e. The lowest BCUT2D eigenvalue weighted by Gasteiger charge is -2.14. The van der Waals surface area contributed by atoms with Crippen LogP contribution in [-0.4, -0.2) is 12.6 Å². The molecule has 2 rings (SSSR count). The molecule has 0 bridgehead atoms. The maximum atomic E-state index is 5.78. The first-order valence-electron chi connectivity index (χ1n) is 6.57. The standard InChI is InChI=1S/C16H18BCl/c18-14-8-7-13-17(15-9-3-1-4-10-15)16-11-5-2-6-12-16/h1-6,9-12H,7-8,13-14H2. The van der Waals surface area contributed by atoms with Crippen molar-refractivity contribution < 1.29 is 0 Å². The maximum absolute atomic E-state index is 5.78. The van der Waals surface area contributed by atoms with E-state index >= 15 is 0 Å². The monoisotopic (exact) mass is 256 g/mol. The summed E-state index contributed by atoms with van der Waals surface area (Å²) in [5, 5.41) is 0. The lowest BCUT2D eigenvalue weighted by Crippen LogP contribution is -2.41. The second kappa shape index (κ2) is 7.28. The molecule has 0 atom stereocenters. The molecule has 0 saturated carbocycles. The van der Waals surface area contributed by atoms with Crippen LogP contribution in [0.1, 0.15) is 12.8 Å². The third-order valence-corrected chi connectivity index (χ3v) is 3.55. The highest BCUT2D eigenvalue weighted by atomic mass is 35.5. The summed E-state index contributed by atoms with van der Waals surface area (Å²) < 4.78 is 0. The van der Waals surface area contributed by atoms with Gasteiger partial charge in [-0.05, 0) is 6.42 Å². The number of unbranched alkanes of at least 4 members (excludes halogenated alkanes) is 1. The molecule has 0 amide bonds. The molecule has 2 aromatic carbocycles. The van der Waals surface area contributed by atoms with Gasteiger partial charge in [0.1, 0.15) is 0 Å². The van der Waals surface area contributed by atoms with Crippen molar-refractivity contribution in [1.29, 1.82) is 0 Å². The van der Waals surface area contributed by atoms with Gasteiger partial charge in [0, 0.05) is 5.88 Å². The summed E-state index contributed by atoms with van der Waals surface area (Å²) >= 11 is 5.78. The number of rotatable bonds is 6. The molecule has 92 valence electrons. The zero-order chi connectivity index (χ0) is 12.6. The Bertz CT molecular complexity index is 402. The molecule has 0 N–H and O–H groups in total. The van der Waals surface area contributed by atoms with E-state index in [4.69, 9.17) is 11.6 Å². The molecule has 0 radical (unpaired) electrons. The second-order valence-electron chi connectivity index (χ2n) is 4.56. The van der Waals surface area contributed by atoms with Gasteiger partial charge in [-0.3, -0.25) is 0 Å². The SMILES string of the molecule is ClCCCCB(c1ccccc1)c1ccccc1. The van der Waals surface area contributed by atoms with Crippen LogP contribution in [0.5, 0.6) is 0 Å². The normalized spacial score (nSPS) is 10.3. The zero-order valence-electron chi connectivity index (χ0n) is 10.6. The van der Waals surface area contributed by atoms with Crippen LogP contribution in [-0.2, 0) is 0 Å². The minimum Gasteiger partial charge on any atom is -0.127 e. The van der Waals surface area contributed by atoms with E-state index in [0.717, 1.165) is 12.3 Å². The van der Waals surface area contributed by atoms with Gasteiger partial charge in [-0.2, -0.15) is 0 Å². The first kappa shape index (κ1) is 13.2. The summed E-state index contributed by atoms with van der Waals surface area (Å²) in [6, 6.07) is 21.5. The zero-order valence-corrected chi connectivity index (χ0v) is 11.3. The highest BCUT2D eigenvalue weighted by molar-refractivity contribution is 6.85. The summed E-state index contributed by atoms with van der Waals surface area (Å²) in [5.74, 6) is 0.760. The van der Waals surface area contributed by atoms with Gasteiger partial charge in [-0.25, -0.2) is 0 Å². The molecule has 0 aromatic heterocycles. The fraction of sp³-hybridized carbons (Fsp3) is 0.250. The van der Waals surface area contributed by atoms with Gasteiger partial charge in [0.05, 0.1) is 0 Å². The average molecular weight is 257 g/mol. The third-order valence-electron chi connectivity index (χ3n) is 3.28. The minimum atomic E-state index is 0.496. The lowest BCUT2D eigenvalue weighted by atomic mass is 9.38. The van der Waals surface area contributed by atoms with E-state index in [-0.39, 0.29) is 0 Å². The first-order chi connectivity index (χ1) is 8.92. The molecule has 0 spiro atoms. The van der Waals surface area contributed by atoms with Crippen molar-refractivity contribution in [2.75, 3.05) is 5.88 Å². The number of hydrogen-bond donors (Lipinski definition) is 0. The van der Waals surface area contributed by atoms with Crippen molar-refractivity contribution in [1.82, 2.24) is 0 Å². The molecule has 0 nitrogen and oxygen atoms in total. The molecular weight excluding hydrogens is 238 g/mol. The van der Waals surface area contributed by atoms with E-state index in [9.17, 15) is 0 Å². The Morgan fingerprint density at radius 1 is 0.722 bits per heavy atom. The van der Waals surface area contributed by atoms with Crippen LogP contribution in [0.2, 0.25) is 6.32 Å². The molecule has 0 aliphatic carbocycles. The van der Waals surface area contributed by atoms with E-state index < -0.39 is 0 Å². The first-order valence-corrected chi connectivity index (χ1v) is 7.11. The second-order valence-corrected chi connectivity index (χ2v) is 4.94. The number of benzene rings is 2. The van der Waals surface area contributed by atoms with E-state index in [1.54, 1.807) is 0 Å². The van der Waals surface area contributed by atoms with Crippen molar-refractivity contribution >= 4 is 29.2 Å².